The maximum Gasteiger partial charge on any atom is 0.161 e. The van der Waals surface area contributed by atoms with Crippen LogP contribution in [0.4, 0.5) is 0 Å². The van der Waals surface area contributed by atoms with Crippen LogP contribution < -0.4 is 14.8 Å². The predicted octanol–water partition coefficient (Wildman–Crippen LogP) is 3.21. The molecule has 1 N–H and O–H groups in total. The number of aromatic nitrogens is 1. The smallest absolute Gasteiger partial charge is 0.161 e. The molecule has 0 aliphatic heterocycles. The molecule has 4 nitrogen and oxygen atoms in total. The van der Waals surface area contributed by atoms with Crippen molar-refractivity contribution >= 4 is 23.1 Å². The Bertz CT molecular complexity index is 559. The molecule has 2 aromatic rings. The van der Waals surface area contributed by atoms with Gasteiger partial charge in [-0.25, -0.2) is 4.98 Å². The van der Waals surface area contributed by atoms with E-state index in [2.05, 4.69) is 16.6 Å². The van der Waals surface area contributed by atoms with E-state index >= 15 is 0 Å². The van der Waals surface area contributed by atoms with Crippen LogP contribution in [0, 0.1) is 0 Å². The van der Waals surface area contributed by atoms with Crippen LogP contribution >= 0.6 is 23.1 Å². The topological polar surface area (TPSA) is 43.4 Å². The van der Waals surface area contributed by atoms with Gasteiger partial charge in [-0.1, -0.05) is 0 Å². The monoisotopic (exact) mass is 324 g/mol. The van der Waals surface area contributed by atoms with E-state index in [1.54, 1.807) is 37.3 Å². The van der Waals surface area contributed by atoms with Crippen LogP contribution in [0.5, 0.6) is 11.5 Å². The average molecular weight is 324 g/mol. The second-order valence-electron chi connectivity index (χ2n) is 4.37. The highest BCUT2D eigenvalue weighted by atomic mass is 32.2. The minimum Gasteiger partial charge on any atom is -0.493 e. The van der Waals surface area contributed by atoms with Crippen molar-refractivity contribution in [1.29, 1.82) is 0 Å². The van der Waals surface area contributed by atoms with Gasteiger partial charge in [-0.2, -0.15) is 0 Å². The lowest BCUT2D eigenvalue weighted by Crippen LogP contribution is -2.17. The molecular weight excluding hydrogens is 304 g/mol. The lowest BCUT2D eigenvalue weighted by molar-refractivity contribution is 0.353. The van der Waals surface area contributed by atoms with E-state index in [-0.39, 0.29) is 0 Å². The van der Waals surface area contributed by atoms with Crippen LogP contribution in [-0.4, -0.2) is 32.0 Å². The fourth-order valence-corrected chi connectivity index (χ4v) is 3.26. The van der Waals surface area contributed by atoms with Crippen molar-refractivity contribution in [1.82, 2.24) is 10.3 Å². The van der Waals surface area contributed by atoms with Gasteiger partial charge in [-0.15, -0.1) is 23.1 Å². The Morgan fingerprint density at radius 3 is 2.62 bits per heavy atom. The highest BCUT2D eigenvalue weighted by Gasteiger charge is 2.10. The van der Waals surface area contributed by atoms with Crippen molar-refractivity contribution in [2.75, 3.05) is 27.0 Å². The zero-order valence-corrected chi connectivity index (χ0v) is 14.1. The van der Waals surface area contributed by atoms with E-state index in [0.717, 1.165) is 31.0 Å². The van der Waals surface area contributed by atoms with Gasteiger partial charge in [-0.05, 0) is 24.0 Å². The van der Waals surface area contributed by atoms with Crippen LogP contribution in [-0.2, 0) is 13.0 Å². The average Bonchev–Trinajstić information content (AvgIpc) is 3.04. The zero-order chi connectivity index (χ0) is 15.1. The summed E-state index contributed by atoms with van der Waals surface area (Å²) in [6.45, 7) is 1.72. The molecule has 1 aromatic heterocycles. The van der Waals surface area contributed by atoms with E-state index in [1.165, 1.54) is 15.5 Å². The fraction of sp³-hybridized carbons (Fsp3) is 0.400. The van der Waals surface area contributed by atoms with Crippen molar-refractivity contribution in [3.8, 4) is 11.5 Å². The molecule has 0 radical (unpaired) electrons. The van der Waals surface area contributed by atoms with Gasteiger partial charge >= 0.3 is 0 Å². The Morgan fingerprint density at radius 1 is 1.24 bits per heavy atom. The number of methoxy groups -OCH3 is 2. The number of hydrogen-bond donors (Lipinski definition) is 1. The van der Waals surface area contributed by atoms with Gasteiger partial charge < -0.3 is 14.8 Å². The molecule has 0 bridgehead atoms. The van der Waals surface area contributed by atoms with Crippen LogP contribution in [0.3, 0.4) is 0 Å². The maximum atomic E-state index is 5.37. The van der Waals surface area contributed by atoms with E-state index < -0.39 is 0 Å². The number of ether oxygens (including phenoxy) is 2. The third-order valence-electron chi connectivity index (χ3n) is 3.10. The molecular formula is C15H20N2O2S2. The van der Waals surface area contributed by atoms with Crippen molar-refractivity contribution < 1.29 is 9.47 Å². The van der Waals surface area contributed by atoms with E-state index in [9.17, 15) is 0 Å². The maximum absolute atomic E-state index is 5.37. The summed E-state index contributed by atoms with van der Waals surface area (Å²) >= 11 is 3.41. The Hall–Kier alpha value is -1.24. The number of rotatable bonds is 8. The molecule has 1 heterocycles. The van der Waals surface area contributed by atoms with Crippen molar-refractivity contribution in [2.45, 2.75) is 17.9 Å². The van der Waals surface area contributed by atoms with Crippen molar-refractivity contribution in [3.05, 3.63) is 34.3 Å². The third-order valence-corrected chi connectivity index (χ3v) is 4.76. The summed E-state index contributed by atoms with van der Waals surface area (Å²) < 4.78 is 10.7. The first-order chi connectivity index (χ1) is 10.3. The summed E-state index contributed by atoms with van der Waals surface area (Å²) in [6.07, 6.45) is 4.88. The SMILES string of the molecule is COc1cc(CNCCc2nccs2)c(SC)cc1OC. The molecule has 21 heavy (non-hydrogen) atoms. The van der Waals surface area contributed by atoms with Gasteiger partial charge in [0.15, 0.2) is 11.5 Å². The standard InChI is InChI=1S/C15H20N2O2S2/c1-18-12-8-11(14(20-3)9-13(12)19-2)10-16-5-4-15-17-6-7-21-15/h6-9,16H,4-5,10H2,1-3H3. The summed E-state index contributed by atoms with van der Waals surface area (Å²) in [5, 5.41) is 6.64. The van der Waals surface area contributed by atoms with Crippen LogP contribution in [0.15, 0.2) is 28.6 Å². The largest absolute Gasteiger partial charge is 0.493 e. The number of hydrogen-bond acceptors (Lipinski definition) is 6. The molecule has 0 saturated heterocycles. The van der Waals surface area contributed by atoms with Crippen LogP contribution in [0.1, 0.15) is 10.6 Å². The minimum atomic E-state index is 0.770. The summed E-state index contributed by atoms with van der Waals surface area (Å²) in [5.41, 5.74) is 1.22. The zero-order valence-electron chi connectivity index (χ0n) is 12.5. The first kappa shape index (κ1) is 16.1. The third kappa shape index (κ3) is 4.36. The second kappa shape index (κ2) is 8.26. The number of nitrogens with one attached hydrogen (secondary N) is 1. The minimum absolute atomic E-state index is 0.770. The van der Waals surface area contributed by atoms with Gasteiger partial charge in [-0.3, -0.25) is 0 Å². The Labute approximate surface area is 133 Å². The normalized spacial score (nSPS) is 10.6. The quantitative estimate of drug-likeness (QED) is 0.596. The van der Waals surface area contributed by atoms with E-state index in [0.29, 0.717) is 0 Å². The molecule has 0 saturated carbocycles. The van der Waals surface area contributed by atoms with E-state index in [4.69, 9.17) is 9.47 Å². The first-order valence-corrected chi connectivity index (χ1v) is 8.77. The lowest BCUT2D eigenvalue weighted by atomic mass is 10.2. The summed E-state index contributed by atoms with van der Waals surface area (Å²) in [4.78, 5) is 5.49. The molecule has 0 amide bonds. The summed E-state index contributed by atoms with van der Waals surface area (Å²) in [6, 6.07) is 4.07. The van der Waals surface area contributed by atoms with Gasteiger partial charge in [0, 0.05) is 36.0 Å². The van der Waals surface area contributed by atoms with Crippen LogP contribution in [0.2, 0.25) is 0 Å². The molecule has 6 heteroatoms. The van der Waals surface area contributed by atoms with Gasteiger partial charge in [0.25, 0.3) is 0 Å². The van der Waals surface area contributed by atoms with Crippen molar-refractivity contribution in [3.63, 3.8) is 0 Å². The number of thioether (sulfide) groups is 1. The molecule has 0 aliphatic rings. The molecule has 2 rings (SSSR count). The highest BCUT2D eigenvalue weighted by molar-refractivity contribution is 7.98. The highest BCUT2D eigenvalue weighted by Crippen LogP contribution is 2.34. The lowest BCUT2D eigenvalue weighted by Gasteiger charge is -2.14. The molecule has 0 aliphatic carbocycles. The van der Waals surface area contributed by atoms with E-state index in [1.807, 2.05) is 23.7 Å². The molecule has 0 fully saturated rings. The molecule has 0 atom stereocenters. The number of nitrogens with zero attached hydrogens (tertiary/aromatic N) is 1. The summed E-state index contributed by atoms with van der Waals surface area (Å²) in [5.74, 6) is 1.54. The predicted molar refractivity (Wildman–Crippen MR) is 88.9 cm³/mol. The number of benzene rings is 1. The Kier molecular flexibility index (Phi) is 6.35. The Morgan fingerprint density at radius 2 is 2.00 bits per heavy atom. The first-order valence-electron chi connectivity index (χ1n) is 6.66. The van der Waals surface area contributed by atoms with Crippen molar-refractivity contribution in [2.24, 2.45) is 0 Å². The summed E-state index contributed by atoms with van der Waals surface area (Å²) in [7, 11) is 3.32. The molecule has 0 spiro atoms. The Balaban J connectivity index is 1.97. The van der Waals surface area contributed by atoms with Gasteiger partial charge in [0.1, 0.15) is 0 Å². The van der Waals surface area contributed by atoms with Gasteiger partial charge in [0.05, 0.1) is 19.2 Å². The van der Waals surface area contributed by atoms with Crippen LogP contribution in [0.25, 0.3) is 0 Å². The number of thiazole rings is 1. The van der Waals surface area contributed by atoms with Gasteiger partial charge in [0.2, 0.25) is 0 Å². The molecule has 114 valence electrons. The fourth-order valence-electron chi connectivity index (χ4n) is 2.03. The molecule has 0 unspecified atom stereocenters. The second-order valence-corrected chi connectivity index (χ2v) is 6.20. The molecule has 1 aromatic carbocycles.